The van der Waals surface area contributed by atoms with Gasteiger partial charge in [0.25, 0.3) is 5.91 Å². The number of amides is 2. The Morgan fingerprint density at radius 2 is 1.76 bits per heavy atom. The lowest BCUT2D eigenvalue weighted by Crippen LogP contribution is -2.46. The number of nitrogens with one attached hydrogen (secondary N) is 1. The first-order valence-corrected chi connectivity index (χ1v) is 12.7. The Hall–Kier alpha value is -2.61. The lowest BCUT2D eigenvalue weighted by molar-refractivity contribution is -0.123. The molecule has 178 valence electrons. The summed E-state index contributed by atoms with van der Waals surface area (Å²) in [6, 6.07) is 12.8. The monoisotopic (exact) mass is 517 g/mol. The number of nitrogens with zero attached hydrogens (tertiary/aromatic N) is 2. The molecular formula is C25H25Cl2N3O3S. The van der Waals surface area contributed by atoms with Crippen molar-refractivity contribution in [1.82, 2.24) is 9.69 Å². The van der Waals surface area contributed by atoms with Crippen LogP contribution in [0, 0.1) is 0 Å². The molecule has 2 amide bonds. The van der Waals surface area contributed by atoms with Gasteiger partial charge in [0.15, 0.2) is 5.69 Å². The number of carbonyl (C=O) groups excluding carboxylic acids is 2. The molecule has 1 atom stereocenters. The fourth-order valence-electron chi connectivity index (χ4n) is 4.21. The highest BCUT2D eigenvalue weighted by Gasteiger charge is 2.36. The molecule has 1 aliphatic carbocycles. The van der Waals surface area contributed by atoms with Crippen LogP contribution in [0.3, 0.4) is 0 Å². The van der Waals surface area contributed by atoms with Crippen LogP contribution >= 0.6 is 34.7 Å². The average Bonchev–Trinajstić information content (AvgIpc) is 3.47. The molecule has 4 rings (SSSR count). The lowest BCUT2D eigenvalue weighted by atomic mass is 10.0. The Balaban J connectivity index is 1.83. The van der Waals surface area contributed by atoms with Gasteiger partial charge in [-0.25, -0.2) is 0 Å². The minimum Gasteiger partial charge on any atom is -0.508 e. The number of anilines is 1. The fourth-order valence-corrected chi connectivity index (χ4v) is 5.19. The van der Waals surface area contributed by atoms with Crippen LogP contribution in [0.4, 0.5) is 5.69 Å². The molecule has 0 spiro atoms. The van der Waals surface area contributed by atoms with Crippen molar-refractivity contribution in [1.29, 1.82) is 0 Å². The molecule has 1 saturated carbocycles. The molecule has 0 bridgehead atoms. The maximum atomic E-state index is 13.9. The Morgan fingerprint density at radius 1 is 1.12 bits per heavy atom. The summed E-state index contributed by atoms with van der Waals surface area (Å²) >= 11 is 13.3. The topological polar surface area (TPSA) is 82.5 Å². The third-order valence-corrected chi connectivity index (χ3v) is 7.67. The van der Waals surface area contributed by atoms with Gasteiger partial charge in [-0.3, -0.25) is 14.5 Å². The van der Waals surface area contributed by atoms with Crippen molar-refractivity contribution < 1.29 is 14.7 Å². The van der Waals surface area contributed by atoms with E-state index in [-0.39, 0.29) is 32.8 Å². The molecule has 1 heterocycles. The van der Waals surface area contributed by atoms with Gasteiger partial charge < -0.3 is 10.4 Å². The maximum absolute atomic E-state index is 13.9. The lowest BCUT2D eigenvalue weighted by Gasteiger charge is -2.32. The van der Waals surface area contributed by atoms with Gasteiger partial charge in [0, 0.05) is 11.7 Å². The Bertz CT molecular complexity index is 1160. The second-order valence-corrected chi connectivity index (χ2v) is 10.1. The van der Waals surface area contributed by atoms with Crippen LogP contribution in [0.5, 0.6) is 5.75 Å². The highest BCUT2D eigenvalue weighted by atomic mass is 35.5. The standard InChI is InChI=1S/C25H25Cl2N3O3S/c1-2-15-7-11-18(12-8-15)30(25(33)21-20(26)23(27)34-29-21)22(16-9-13-19(31)14-10-16)24(32)28-17-5-3-4-6-17/h7-14,17,22,31H,2-6H2,1H3,(H,28,32)/t22-/m1/s1. The molecule has 2 N–H and O–H groups in total. The van der Waals surface area contributed by atoms with Crippen LogP contribution in [0.25, 0.3) is 0 Å². The van der Waals surface area contributed by atoms with Crippen molar-refractivity contribution in [3.05, 3.63) is 74.7 Å². The summed E-state index contributed by atoms with van der Waals surface area (Å²) in [7, 11) is 0. The molecule has 3 aromatic rings. The van der Waals surface area contributed by atoms with Gasteiger partial charge in [-0.15, -0.1) is 0 Å². The Kier molecular flexibility index (Phi) is 7.76. The number of aromatic nitrogens is 1. The van der Waals surface area contributed by atoms with E-state index in [1.165, 1.54) is 17.0 Å². The van der Waals surface area contributed by atoms with E-state index in [1.807, 2.05) is 31.2 Å². The number of benzene rings is 2. The van der Waals surface area contributed by atoms with E-state index in [2.05, 4.69) is 9.69 Å². The first-order valence-electron chi connectivity index (χ1n) is 11.2. The number of aromatic hydroxyl groups is 1. The maximum Gasteiger partial charge on any atom is 0.280 e. The number of aryl methyl sites for hydroxylation is 1. The normalized spacial score (nSPS) is 14.7. The highest BCUT2D eigenvalue weighted by molar-refractivity contribution is 7.11. The quantitative estimate of drug-likeness (QED) is 0.392. The summed E-state index contributed by atoms with van der Waals surface area (Å²) in [5.41, 5.74) is 2.18. The smallest absolute Gasteiger partial charge is 0.280 e. The van der Waals surface area contributed by atoms with Gasteiger partial charge in [-0.05, 0) is 66.2 Å². The molecule has 1 aromatic heterocycles. The molecule has 2 aromatic carbocycles. The van der Waals surface area contributed by atoms with Crippen molar-refractivity contribution in [2.45, 2.75) is 51.1 Å². The van der Waals surface area contributed by atoms with E-state index in [1.54, 1.807) is 12.1 Å². The van der Waals surface area contributed by atoms with E-state index in [4.69, 9.17) is 23.2 Å². The summed E-state index contributed by atoms with van der Waals surface area (Å²) in [4.78, 5) is 29.0. The van der Waals surface area contributed by atoms with Gasteiger partial charge in [0.05, 0.1) is 0 Å². The summed E-state index contributed by atoms with van der Waals surface area (Å²) in [6.45, 7) is 2.04. The first-order chi connectivity index (χ1) is 16.4. The summed E-state index contributed by atoms with van der Waals surface area (Å²) in [6.07, 6.45) is 4.76. The average molecular weight is 518 g/mol. The zero-order valence-corrected chi connectivity index (χ0v) is 21.0. The second-order valence-electron chi connectivity index (χ2n) is 8.30. The van der Waals surface area contributed by atoms with Crippen molar-refractivity contribution in [2.24, 2.45) is 0 Å². The number of phenolic OH excluding ortho intramolecular Hbond substituents is 1. The third kappa shape index (κ3) is 5.22. The zero-order chi connectivity index (χ0) is 24.2. The molecule has 9 heteroatoms. The summed E-state index contributed by atoms with van der Waals surface area (Å²) in [5.74, 6) is -0.766. The molecule has 0 radical (unpaired) electrons. The molecule has 0 unspecified atom stereocenters. The van der Waals surface area contributed by atoms with Crippen LogP contribution in [-0.4, -0.2) is 27.3 Å². The van der Waals surface area contributed by atoms with Crippen LogP contribution in [0.15, 0.2) is 48.5 Å². The minimum atomic E-state index is -1.00. The van der Waals surface area contributed by atoms with Gasteiger partial charge >= 0.3 is 0 Å². The predicted octanol–water partition coefficient (Wildman–Crippen LogP) is 6.16. The zero-order valence-electron chi connectivity index (χ0n) is 18.6. The van der Waals surface area contributed by atoms with E-state index < -0.39 is 11.9 Å². The largest absolute Gasteiger partial charge is 0.508 e. The summed E-state index contributed by atoms with van der Waals surface area (Å²) in [5, 5.41) is 13.0. The van der Waals surface area contributed by atoms with Crippen LogP contribution in [0.2, 0.25) is 9.36 Å². The van der Waals surface area contributed by atoms with Crippen LogP contribution < -0.4 is 10.2 Å². The molecule has 0 aliphatic heterocycles. The molecule has 0 saturated heterocycles. The van der Waals surface area contributed by atoms with Crippen molar-refractivity contribution >= 4 is 52.2 Å². The van der Waals surface area contributed by atoms with Gasteiger partial charge in [-0.2, -0.15) is 4.37 Å². The number of halogens is 2. The minimum absolute atomic E-state index is 0.00585. The third-order valence-electron chi connectivity index (χ3n) is 6.06. The van der Waals surface area contributed by atoms with Gasteiger partial charge in [0.2, 0.25) is 5.91 Å². The first kappa shape index (κ1) is 24.5. The van der Waals surface area contributed by atoms with E-state index in [9.17, 15) is 14.7 Å². The van der Waals surface area contributed by atoms with E-state index >= 15 is 0 Å². The molecule has 1 fully saturated rings. The van der Waals surface area contributed by atoms with Crippen molar-refractivity contribution in [3.63, 3.8) is 0 Å². The molecular weight excluding hydrogens is 493 g/mol. The SMILES string of the molecule is CCc1ccc(N(C(=O)c2nsc(Cl)c2Cl)[C@@H](C(=O)NC2CCCC2)c2ccc(O)cc2)cc1. The second kappa shape index (κ2) is 10.8. The number of hydrogen-bond donors (Lipinski definition) is 2. The van der Waals surface area contributed by atoms with Crippen molar-refractivity contribution in [2.75, 3.05) is 4.90 Å². The number of carbonyl (C=O) groups is 2. The van der Waals surface area contributed by atoms with Gasteiger partial charge in [-0.1, -0.05) is 67.2 Å². The van der Waals surface area contributed by atoms with Crippen LogP contribution in [0.1, 0.15) is 60.3 Å². The molecule has 34 heavy (non-hydrogen) atoms. The van der Waals surface area contributed by atoms with E-state index in [0.29, 0.717) is 11.3 Å². The van der Waals surface area contributed by atoms with Gasteiger partial charge in [0.1, 0.15) is 21.2 Å². The number of hydrogen-bond acceptors (Lipinski definition) is 5. The number of rotatable bonds is 7. The fraction of sp³-hybridized carbons (Fsp3) is 0.320. The number of phenols is 1. The van der Waals surface area contributed by atoms with E-state index in [0.717, 1.165) is 49.2 Å². The summed E-state index contributed by atoms with van der Waals surface area (Å²) < 4.78 is 4.37. The Labute approximate surface area is 212 Å². The van der Waals surface area contributed by atoms with Crippen LogP contribution in [-0.2, 0) is 11.2 Å². The van der Waals surface area contributed by atoms with Crippen molar-refractivity contribution in [3.8, 4) is 5.75 Å². The highest BCUT2D eigenvalue weighted by Crippen LogP contribution is 2.35. The Morgan fingerprint density at radius 3 is 2.32 bits per heavy atom. The molecule has 1 aliphatic rings. The predicted molar refractivity (Wildman–Crippen MR) is 136 cm³/mol. The molecule has 6 nitrogen and oxygen atoms in total.